The zero-order valence-electron chi connectivity index (χ0n) is 13.8. The molecule has 0 saturated carbocycles. The van der Waals surface area contributed by atoms with Gasteiger partial charge in [-0.1, -0.05) is 18.0 Å². The Bertz CT molecular complexity index is 558. The topological polar surface area (TPSA) is 32.8 Å². The number of likely N-dealkylation sites (tertiary alicyclic amines) is 2. The van der Waals surface area contributed by atoms with E-state index in [9.17, 15) is 4.79 Å². The second kappa shape index (κ2) is 7.54. The summed E-state index contributed by atoms with van der Waals surface area (Å²) in [5.74, 6) is 1.21. The largest absolute Gasteiger partial charge is 0.496 e. The van der Waals surface area contributed by atoms with Crippen molar-refractivity contribution in [3.8, 4) is 5.75 Å². The Morgan fingerprint density at radius 3 is 2.78 bits per heavy atom. The Hall–Kier alpha value is -1.26. The molecular weight excluding hydrogens is 312 g/mol. The average Bonchev–Trinajstić information content (AvgIpc) is 3.03. The SMILES string of the molecule is COc1cc(Cl)ccc1C(=O)N1CC[C@H](CN2CCCCC2)C1. The number of ether oxygens (including phenoxy) is 1. The molecule has 2 fully saturated rings. The van der Waals surface area contributed by atoms with E-state index in [0.29, 0.717) is 22.3 Å². The molecule has 2 heterocycles. The Labute approximate surface area is 143 Å². The average molecular weight is 337 g/mol. The van der Waals surface area contributed by atoms with Crippen molar-refractivity contribution < 1.29 is 9.53 Å². The van der Waals surface area contributed by atoms with Crippen LogP contribution in [-0.4, -0.2) is 55.5 Å². The molecule has 2 aliphatic rings. The molecule has 1 atom stereocenters. The minimum atomic E-state index is 0.0552. The molecule has 1 aromatic carbocycles. The van der Waals surface area contributed by atoms with E-state index in [1.807, 2.05) is 4.90 Å². The monoisotopic (exact) mass is 336 g/mol. The highest BCUT2D eigenvalue weighted by Crippen LogP contribution is 2.27. The van der Waals surface area contributed by atoms with Gasteiger partial charge in [0.25, 0.3) is 5.91 Å². The van der Waals surface area contributed by atoms with Crippen molar-refractivity contribution in [2.75, 3.05) is 39.8 Å². The minimum absolute atomic E-state index is 0.0552. The molecule has 1 aromatic rings. The van der Waals surface area contributed by atoms with Crippen molar-refractivity contribution in [1.29, 1.82) is 0 Å². The zero-order valence-corrected chi connectivity index (χ0v) is 14.5. The van der Waals surface area contributed by atoms with Crippen LogP contribution in [0.15, 0.2) is 18.2 Å². The van der Waals surface area contributed by atoms with Gasteiger partial charge < -0.3 is 14.5 Å². The lowest BCUT2D eigenvalue weighted by molar-refractivity contribution is 0.0779. The maximum Gasteiger partial charge on any atom is 0.257 e. The van der Waals surface area contributed by atoms with Gasteiger partial charge >= 0.3 is 0 Å². The number of piperidine rings is 1. The smallest absolute Gasteiger partial charge is 0.257 e. The molecule has 4 nitrogen and oxygen atoms in total. The van der Waals surface area contributed by atoms with E-state index >= 15 is 0 Å². The number of nitrogens with zero attached hydrogens (tertiary/aromatic N) is 2. The quantitative estimate of drug-likeness (QED) is 0.845. The summed E-state index contributed by atoms with van der Waals surface area (Å²) in [4.78, 5) is 17.3. The second-order valence-electron chi connectivity index (χ2n) is 6.61. The van der Waals surface area contributed by atoms with Crippen molar-refractivity contribution in [1.82, 2.24) is 9.80 Å². The van der Waals surface area contributed by atoms with Crippen LogP contribution in [0.5, 0.6) is 5.75 Å². The van der Waals surface area contributed by atoms with Crippen molar-refractivity contribution >= 4 is 17.5 Å². The molecule has 126 valence electrons. The summed E-state index contributed by atoms with van der Waals surface area (Å²) in [7, 11) is 1.57. The van der Waals surface area contributed by atoms with Crippen LogP contribution in [0.2, 0.25) is 5.02 Å². The molecule has 23 heavy (non-hydrogen) atoms. The van der Waals surface area contributed by atoms with Crippen LogP contribution in [0.3, 0.4) is 0 Å². The normalized spacial score (nSPS) is 22.3. The van der Waals surface area contributed by atoms with Gasteiger partial charge in [0.05, 0.1) is 12.7 Å². The van der Waals surface area contributed by atoms with Gasteiger partial charge in [-0.15, -0.1) is 0 Å². The maximum absolute atomic E-state index is 12.8. The zero-order chi connectivity index (χ0) is 16.2. The first-order chi connectivity index (χ1) is 11.2. The van der Waals surface area contributed by atoms with Gasteiger partial charge in [0.1, 0.15) is 5.75 Å². The van der Waals surface area contributed by atoms with Crippen molar-refractivity contribution in [2.45, 2.75) is 25.7 Å². The first-order valence-electron chi connectivity index (χ1n) is 8.52. The maximum atomic E-state index is 12.8. The summed E-state index contributed by atoms with van der Waals surface area (Å²) in [5, 5.41) is 0.586. The molecule has 5 heteroatoms. The number of benzene rings is 1. The molecule has 0 spiro atoms. The highest BCUT2D eigenvalue weighted by molar-refractivity contribution is 6.30. The molecule has 3 rings (SSSR count). The van der Waals surface area contributed by atoms with Crippen LogP contribution >= 0.6 is 11.6 Å². The van der Waals surface area contributed by atoms with E-state index in [2.05, 4.69) is 4.90 Å². The summed E-state index contributed by atoms with van der Waals surface area (Å²) < 4.78 is 5.32. The number of halogens is 1. The van der Waals surface area contributed by atoms with Gasteiger partial charge in [0.15, 0.2) is 0 Å². The number of amides is 1. The van der Waals surface area contributed by atoms with Gasteiger partial charge in [0, 0.05) is 24.7 Å². The van der Waals surface area contributed by atoms with Crippen molar-refractivity contribution in [2.24, 2.45) is 5.92 Å². The van der Waals surface area contributed by atoms with Crippen LogP contribution in [0.25, 0.3) is 0 Å². The van der Waals surface area contributed by atoms with Crippen LogP contribution in [-0.2, 0) is 0 Å². The molecule has 0 radical (unpaired) electrons. The van der Waals surface area contributed by atoms with E-state index in [1.54, 1.807) is 25.3 Å². The lowest BCUT2D eigenvalue weighted by Crippen LogP contribution is -2.36. The van der Waals surface area contributed by atoms with Crippen LogP contribution in [0.1, 0.15) is 36.0 Å². The predicted molar refractivity (Wildman–Crippen MR) is 92.3 cm³/mol. The van der Waals surface area contributed by atoms with E-state index in [0.717, 1.165) is 26.1 Å². The third-order valence-corrected chi connectivity index (χ3v) is 5.17. The summed E-state index contributed by atoms with van der Waals surface area (Å²) in [5.41, 5.74) is 0.607. The van der Waals surface area contributed by atoms with Crippen LogP contribution in [0.4, 0.5) is 0 Å². The lowest BCUT2D eigenvalue weighted by atomic mass is 10.1. The molecule has 0 unspecified atom stereocenters. The van der Waals surface area contributed by atoms with E-state index in [1.165, 1.54) is 32.4 Å². The fraction of sp³-hybridized carbons (Fsp3) is 0.611. The van der Waals surface area contributed by atoms with Gasteiger partial charge in [-0.3, -0.25) is 4.79 Å². The third-order valence-electron chi connectivity index (χ3n) is 4.93. The number of hydrogen-bond acceptors (Lipinski definition) is 3. The number of hydrogen-bond donors (Lipinski definition) is 0. The van der Waals surface area contributed by atoms with Gasteiger partial charge in [0.2, 0.25) is 0 Å². The molecule has 1 amide bonds. The molecule has 2 aliphatic heterocycles. The highest BCUT2D eigenvalue weighted by atomic mass is 35.5. The molecular formula is C18H25ClN2O2. The summed E-state index contributed by atoms with van der Waals surface area (Å²) in [6.07, 6.45) is 5.09. The summed E-state index contributed by atoms with van der Waals surface area (Å²) in [6, 6.07) is 5.22. The van der Waals surface area contributed by atoms with E-state index in [-0.39, 0.29) is 5.91 Å². The molecule has 0 aromatic heterocycles. The Kier molecular flexibility index (Phi) is 5.44. The Balaban J connectivity index is 1.61. The van der Waals surface area contributed by atoms with E-state index < -0.39 is 0 Å². The summed E-state index contributed by atoms with van der Waals surface area (Å²) in [6.45, 7) is 5.25. The van der Waals surface area contributed by atoms with E-state index in [4.69, 9.17) is 16.3 Å². The lowest BCUT2D eigenvalue weighted by Gasteiger charge is -2.29. The second-order valence-corrected chi connectivity index (χ2v) is 7.05. The fourth-order valence-electron chi connectivity index (χ4n) is 3.69. The molecule has 2 saturated heterocycles. The molecule has 0 bridgehead atoms. The first-order valence-corrected chi connectivity index (χ1v) is 8.90. The predicted octanol–water partition coefficient (Wildman–Crippen LogP) is 3.30. The van der Waals surface area contributed by atoms with Crippen molar-refractivity contribution in [3.05, 3.63) is 28.8 Å². The number of methoxy groups -OCH3 is 1. The van der Waals surface area contributed by atoms with Gasteiger partial charge in [-0.2, -0.15) is 0 Å². The van der Waals surface area contributed by atoms with Gasteiger partial charge in [-0.25, -0.2) is 0 Å². The summed E-state index contributed by atoms with van der Waals surface area (Å²) >= 11 is 5.98. The number of carbonyl (C=O) groups is 1. The minimum Gasteiger partial charge on any atom is -0.496 e. The van der Waals surface area contributed by atoms with Gasteiger partial charge in [-0.05, 0) is 56.5 Å². The number of carbonyl (C=O) groups excluding carboxylic acids is 1. The molecule has 0 N–H and O–H groups in total. The van der Waals surface area contributed by atoms with Crippen molar-refractivity contribution in [3.63, 3.8) is 0 Å². The Morgan fingerprint density at radius 2 is 2.04 bits per heavy atom. The highest BCUT2D eigenvalue weighted by Gasteiger charge is 2.29. The van der Waals surface area contributed by atoms with Crippen LogP contribution in [0, 0.1) is 5.92 Å². The first kappa shape index (κ1) is 16.6. The Morgan fingerprint density at radius 1 is 1.26 bits per heavy atom. The molecule has 0 aliphatic carbocycles. The third kappa shape index (κ3) is 3.99. The van der Waals surface area contributed by atoms with Crippen LogP contribution < -0.4 is 4.74 Å². The number of rotatable bonds is 4. The standard InChI is InChI=1S/C18H25ClN2O2/c1-23-17-11-15(19)5-6-16(17)18(22)21-10-7-14(13-21)12-20-8-3-2-4-9-20/h5-6,11,14H,2-4,7-10,12-13H2,1H3/t14-/m1/s1. The fourth-order valence-corrected chi connectivity index (χ4v) is 3.85.